The maximum atomic E-state index is 13.1. The second-order valence-corrected chi connectivity index (χ2v) is 8.81. The number of thiazole rings is 1. The lowest BCUT2D eigenvalue weighted by atomic mass is 10.2. The smallest absolute Gasteiger partial charge is 0.239 e. The topological polar surface area (TPSA) is 33.2 Å². The molecule has 0 saturated carbocycles. The number of halogens is 2. The molecule has 0 atom stereocenters. The number of hydrogen-bond donors (Lipinski definition) is 0. The molecular weight excluding hydrogens is 427 g/mol. The Bertz CT molecular complexity index is 1130. The van der Waals surface area contributed by atoms with Crippen molar-refractivity contribution >= 4 is 56.0 Å². The van der Waals surface area contributed by atoms with Crippen molar-refractivity contribution in [1.82, 2.24) is 4.98 Å². The summed E-state index contributed by atoms with van der Waals surface area (Å²) in [6.07, 6.45) is 0. The first-order valence-electron chi connectivity index (χ1n) is 8.87. The van der Waals surface area contributed by atoms with Gasteiger partial charge in [0.25, 0.3) is 0 Å². The molecule has 0 unspecified atom stereocenters. The van der Waals surface area contributed by atoms with Gasteiger partial charge in [-0.3, -0.25) is 9.69 Å². The first-order chi connectivity index (χ1) is 14.1. The standard InChI is InChI=1S/C22H16ClFN2OS2/c23-16-6-11-19-20(12-16)29-22(25-19)26(13-15-4-2-1-3-5-15)21(27)14-28-18-9-7-17(24)8-10-18/h1-12H,13-14H2. The quantitative estimate of drug-likeness (QED) is 0.323. The number of nitrogens with zero attached hydrogens (tertiary/aromatic N) is 2. The summed E-state index contributed by atoms with van der Waals surface area (Å²) in [4.78, 5) is 20.3. The number of fused-ring (bicyclic) bond motifs is 1. The molecule has 1 aromatic heterocycles. The van der Waals surface area contributed by atoms with Crippen molar-refractivity contribution in [2.75, 3.05) is 10.7 Å². The summed E-state index contributed by atoms with van der Waals surface area (Å²) in [6, 6.07) is 21.5. The van der Waals surface area contributed by atoms with Crippen LogP contribution in [0.3, 0.4) is 0 Å². The average molecular weight is 443 g/mol. The molecule has 0 N–H and O–H groups in total. The highest BCUT2D eigenvalue weighted by Gasteiger charge is 2.20. The zero-order chi connectivity index (χ0) is 20.2. The van der Waals surface area contributed by atoms with Crippen molar-refractivity contribution in [3.63, 3.8) is 0 Å². The molecule has 0 aliphatic carbocycles. The molecule has 0 fully saturated rings. The number of anilines is 1. The summed E-state index contributed by atoms with van der Waals surface area (Å²) in [6.45, 7) is 0.428. The minimum Gasteiger partial charge on any atom is -0.283 e. The van der Waals surface area contributed by atoms with Gasteiger partial charge in [-0.05, 0) is 48.0 Å². The predicted molar refractivity (Wildman–Crippen MR) is 119 cm³/mol. The van der Waals surface area contributed by atoms with Crippen molar-refractivity contribution in [2.24, 2.45) is 0 Å². The minimum atomic E-state index is -0.292. The molecule has 4 rings (SSSR count). The zero-order valence-corrected chi connectivity index (χ0v) is 17.6. The van der Waals surface area contributed by atoms with Gasteiger partial charge in [-0.1, -0.05) is 53.3 Å². The van der Waals surface area contributed by atoms with Crippen LogP contribution in [0.15, 0.2) is 77.7 Å². The SMILES string of the molecule is O=C(CSc1ccc(F)cc1)N(Cc1ccccc1)c1nc2ccc(Cl)cc2s1. The van der Waals surface area contributed by atoms with Crippen LogP contribution in [-0.4, -0.2) is 16.6 Å². The van der Waals surface area contributed by atoms with Gasteiger partial charge in [0.2, 0.25) is 5.91 Å². The van der Waals surface area contributed by atoms with Gasteiger partial charge in [0, 0.05) is 9.92 Å². The van der Waals surface area contributed by atoms with E-state index in [4.69, 9.17) is 11.6 Å². The monoisotopic (exact) mass is 442 g/mol. The Hall–Kier alpha value is -2.41. The van der Waals surface area contributed by atoms with Crippen LogP contribution in [0.25, 0.3) is 10.2 Å². The summed E-state index contributed by atoms with van der Waals surface area (Å²) in [5.74, 6) is -0.123. The Balaban J connectivity index is 1.59. The maximum Gasteiger partial charge on any atom is 0.239 e. The van der Waals surface area contributed by atoms with Gasteiger partial charge in [-0.25, -0.2) is 9.37 Å². The molecule has 0 spiro atoms. The molecule has 0 bridgehead atoms. The van der Waals surface area contributed by atoms with E-state index >= 15 is 0 Å². The number of carbonyl (C=O) groups is 1. The lowest BCUT2D eigenvalue weighted by Gasteiger charge is -2.20. The summed E-state index contributed by atoms with van der Waals surface area (Å²) >= 11 is 8.92. The molecular formula is C22H16ClFN2OS2. The molecule has 146 valence electrons. The molecule has 0 aliphatic heterocycles. The lowest BCUT2D eigenvalue weighted by molar-refractivity contribution is -0.116. The second kappa shape index (κ2) is 8.95. The van der Waals surface area contributed by atoms with Crippen molar-refractivity contribution < 1.29 is 9.18 Å². The third kappa shape index (κ3) is 4.96. The molecule has 0 aliphatic rings. The molecule has 4 aromatic rings. The Morgan fingerprint density at radius 3 is 2.59 bits per heavy atom. The number of carbonyl (C=O) groups excluding carboxylic acids is 1. The molecule has 0 radical (unpaired) electrons. The van der Waals surface area contributed by atoms with Crippen molar-refractivity contribution in [3.8, 4) is 0 Å². The first kappa shape index (κ1) is 19.9. The second-order valence-electron chi connectivity index (χ2n) is 6.32. The van der Waals surface area contributed by atoms with Crippen LogP contribution in [0, 0.1) is 5.82 Å². The van der Waals surface area contributed by atoms with E-state index in [-0.39, 0.29) is 17.5 Å². The molecule has 1 heterocycles. The third-order valence-corrected chi connectivity index (χ3v) is 6.50. The summed E-state index contributed by atoms with van der Waals surface area (Å²) < 4.78 is 14.0. The van der Waals surface area contributed by atoms with E-state index in [1.807, 2.05) is 42.5 Å². The number of aromatic nitrogens is 1. The Labute approximate surface area is 181 Å². The van der Waals surface area contributed by atoms with Gasteiger partial charge in [0.1, 0.15) is 5.82 Å². The molecule has 3 aromatic carbocycles. The highest BCUT2D eigenvalue weighted by molar-refractivity contribution is 8.00. The molecule has 29 heavy (non-hydrogen) atoms. The number of hydrogen-bond acceptors (Lipinski definition) is 4. The van der Waals surface area contributed by atoms with Crippen LogP contribution in [0.4, 0.5) is 9.52 Å². The number of benzene rings is 3. The fourth-order valence-electron chi connectivity index (χ4n) is 2.78. The van der Waals surface area contributed by atoms with Gasteiger partial charge >= 0.3 is 0 Å². The third-order valence-electron chi connectivity index (χ3n) is 4.23. The average Bonchev–Trinajstić information content (AvgIpc) is 3.15. The fraction of sp³-hybridized carbons (Fsp3) is 0.0909. The normalized spacial score (nSPS) is 11.0. The summed E-state index contributed by atoms with van der Waals surface area (Å²) in [5.41, 5.74) is 1.83. The molecule has 1 amide bonds. The Kier molecular flexibility index (Phi) is 6.13. The largest absolute Gasteiger partial charge is 0.283 e. The van der Waals surface area contributed by atoms with Crippen molar-refractivity contribution in [2.45, 2.75) is 11.4 Å². The molecule has 0 saturated heterocycles. The number of thioether (sulfide) groups is 1. The Morgan fingerprint density at radius 1 is 1.07 bits per heavy atom. The van der Waals surface area contributed by atoms with Crippen LogP contribution in [0.1, 0.15) is 5.56 Å². The summed E-state index contributed by atoms with van der Waals surface area (Å²) in [5, 5.41) is 1.27. The predicted octanol–water partition coefficient (Wildman–Crippen LogP) is 6.41. The van der Waals surface area contributed by atoms with E-state index in [1.165, 1.54) is 35.2 Å². The van der Waals surface area contributed by atoms with Crippen LogP contribution < -0.4 is 4.90 Å². The van der Waals surface area contributed by atoms with Gasteiger partial charge in [0.05, 0.1) is 22.5 Å². The first-order valence-corrected chi connectivity index (χ1v) is 11.1. The van der Waals surface area contributed by atoms with E-state index in [2.05, 4.69) is 4.98 Å². The number of rotatable bonds is 6. The van der Waals surface area contributed by atoms with E-state index in [9.17, 15) is 9.18 Å². The highest BCUT2D eigenvalue weighted by atomic mass is 35.5. The minimum absolute atomic E-state index is 0.0617. The van der Waals surface area contributed by atoms with Crippen LogP contribution in [0.5, 0.6) is 0 Å². The van der Waals surface area contributed by atoms with Crippen LogP contribution in [-0.2, 0) is 11.3 Å². The van der Waals surface area contributed by atoms with Gasteiger partial charge < -0.3 is 0 Å². The van der Waals surface area contributed by atoms with E-state index < -0.39 is 0 Å². The van der Waals surface area contributed by atoms with Gasteiger partial charge in [-0.15, -0.1) is 11.8 Å². The van der Waals surface area contributed by atoms with E-state index in [1.54, 1.807) is 23.1 Å². The highest BCUT2D eigenvalue weighted by Crippen LogP contribution is 2.32. The zero-order valence-electron chi connectivity index (χ0n) is 15.2. The van der Waals surface area contributed by atoms with Crippen molar-refractivity contribution in [1.29, 1.82) is 0 Å². The van der Waals surface area contributed by atoms with Crippen molar-refractivity contribution in [3.05, 3.63) is 89.2 Å². The van der Waals surface area contributed by atoms with Gasteiger partial charge in [-0.2, -0.15) is 0 Å². The lowest BCUT2D eigenvalue weighted by Crippen LogP contribution is -2.31. The Morgan fingerprint density at radius 2 is 1.83 bits per heavy atom. The molecule has 7 heteroatoms. The maximum absolute atomic E-state index is 13.1. The number of amides is 1. The van der Waals surface area contributed by atoms with E-state index in [0.717, 1.165) is 20.7 Å². The van der Waals surface area contributed by atoms with Gasteiger partial charge in [0.15, 0.2) is 5.13 Å². The molecule has 3 nitrogen and oxygen atoms in total. The van der Waals surface area contributed by atoms with E-state index in [0.29, 0.717) is 16.7 Å². The fourth-order valence-corrected chi connectivity index (χ4v) is 4.82. The van der Waals surface area contributed by atoms with Crippen LogP contribution >= 0.6 is 34.7 Å². The van der Waals surface area contributed by atoms with Crippen LogP contribution in [0.2, 0.25) is 5.02 Å². The summed E-state index contributed by atoms with van der Waals surface area (Å²) in [7, 11) is 0.